The Morgan fingerprint density at radius 2 is 1.59 bits per heavy atom. The molecule has 2 N–H and O–H groups in total. The van der Waals surface area contributed by atoms with E-state index in [4.69, 9.17) is 0 Å². The summed E-state index contributed by atoms with van der Waals surface area (Å²) < 4.78 is 27.3. The number of nitrogens with one attached hydrogen (secondary N) is 1. The number of halogens is 2. The number of carbonyl (C=O) groups is 2. The van der Waals surface area contributed by atoms with E-state index in [9.17, 15) is 23.5 Å². The lowest BCUT2D eigenvalue weighted by Gasteiger charge is -2.20. The molecule has 0 aliphatic rings. The second kappa shape index (κ2) is 8.29. The van der Waals surface area contributed by atoms with Crippen LogP contribution in [0.1, 0.15) is 37.5 Å². The zero-order chi connectivity index (χ0) is 20.2. The van der Waals surface area contributed by atoms with Crippen molar-refractivity contribution in [2.45, 2.75) is 45.1 Å². The summed E-state index contributed by atoms with van der Waals surface area (Å²) in [4.78, 5) is 23.6. The molecule has 0 aliphatic carbocycles. The lowest BCUT2D eigenvalue weighted by Crippen LogP contribution is -2.43. The number of carboxylic acid groups (broad SMARTS) is 1. The third kappa shape index (κ3) is 5.61. The monoisotopic (exact) mass is 375 g/mol. The zero-order valence-electron chi connectivity index (χ0n) is 15.6. The number of rotatable bonds is 6. The summed E-state index contributed by atoms with van der Waals surface area (Å²) in [6.07, 6.45) is -0.490. The van der Waals surface area contributed by atoms with Crippen LogP contribution in [0.15, 0.2) is 42.5 Å². The van der Waals surface area contributed by atoms with E-state index in [1.165, 1.54) is 6.07 Å². The van der Waals surface area contributed by atoms with Crippen molar-refractivity contribution in [1.82, 2.24) is 5.32 Å². The molecule has 2 rings (SSSR count). The highest BCUT2D eigenvalue weighted by Gasteiger charge is 2.22. The third-order valence-corrected chi connectivity index (χ3v) is 4.29. The van der Waals surface area contributed by atoms with Crippen molar-refractivity contribution in [1.29, 1.82) is 0 Å². The molecular formula is C21H23F2NO3. The molecule has 0 bridgehead atoms. The molecule has 2 aromatic rings. The molecule has 0 unspecified atom stereocenters. The Morgan fingerprint density at radius 1 is 1.04 bits per heavy atom. The van der Waals surface area contributed by atoms with Crippen molar-refractivity contribution in [3.8, 4) is 0 Å². The standard InChI is InChI=1S/C21H23F2NO3/c1-21(2,3)14-9-7-13(8-10-14)11-18(20(26)27)24-19(25)12-15-16(22)5-4-6-17(15)23/h4-10,18H,11-12H2,1-3H3,(H,24,25)(H,26,27)/t18-/m1/s1. The number of benzene rings is 2. The Labute approximate surface area is 157 Å². The lowest BCUT2D eigenvalue weighted by molar-refractivity contribution is -0.141. The molecule has 144 valence electrons. The molecule has 0 aromatic heterocycles. The molecule has 1 amide bonds. The number of carbonyl (C=O) groups excluding carboxylic acids is 1. The minimum Gasteiger partial charge on any atom is -0.480 e. The van der Waals surface area contributed by atoms with Crippen molar-refractivity contribution >= 4 is 11.9 Å². The van der Waals surface area contributed by atoms with Crippen LogP contribution in [0.4, 0.5) is 8.78 Å². The van der Waals surface area contributed by atoms with Crippen LogP contribution in [0.2, 0.25) is 0 Å². The molecule has 27 heavy (non-hydrogen) atoms. The van der Waals surface area contributed by atoms with Crippen LogP contribution in [0.3, 0.4) is 0 Å². The Hall–Kier alpha value is -2.76. The molecule has 0 fully saturated rings. The van der Waals surface area contributed by atoms with E-state index in [1.807, 2.05) is 24.3 Å². The summed E-state index contributed by atoms with van der Waals surface area (Å²) in [5.74, 6) is -3.64. The van der Waals surface area contributed by atoms with Crippen molar-refractivity contribution in [2.75, 3.05) is 0 Å². The summed E-state index contributed by atoms with van der Waals surface area (Å²) in [5.41, 5.74) is 1.45. The number of carboxylic acids is 1. The minimum absolute atomic E-state index is 0.0250. The molecule has 0 aliphatic heterocycles. The first-order valence-electron chi connectivity index (χ1n) is 8.62. The zero-order valence-corrected chi connectivity index (χ0v) is 15.6. The fourth-order valence-electron chi connectivity index (χ4n) is 2.68. The highest BCUT2D eigenvalue weighted by Crippen LogP contribution is 2.22. The normalized spacial score (nSPS) is 12.5. The molecule has 1 atom stereocenters. The van der Waals surface area contributed by atoms with Crippen LogP contribution >= 0.6 is 0 Å². The van der Waals surface area contributed by atoms with Gasteiger partial charge in [0.1, 0.15) is 17.7 Å². The number of amides is 1. The third-order valence-electron chi connectivity index (χ3n) is 4.29. The molecule has 0 spiro atoms. The fourth-order valence-corrected chi connectivity index (χ4v) is 2.68. The van der Waals surface area contributed by atoms with Gasteiger partial charge in [-0.3, -0.25) is 4.79 Å². The van der Waals surface area contributed by atoms with Gasteiger partial charge >= 0.3 is 5.97 Å². The molecule has 0 heterocycles. The maximum atomic E-state index is 13.7. The molecule has 0 radical (unpaired) electrons. The first-order chi connectivity index (χ1) is 12.6. The van der Waals surface area contributed by atoms with E-state index < -0.39 is 36.0 Å². The van der Waals surface area contributed by atoms with Gasteiger partial charge in [-0.15, -0.1) is 0 Å². The van der Waals surface area contributed by atoms with Gasteiger partial charge < -0.3 is 10.4 Å². The predicted octanol–water partition coefficient (Wildman–Crippen LogP) is 3.62. The van der Waals surface area contributed by atoms with Gasteiger partial charge in [0.05, 0.1) is 6.42 Å². The smallest absolute Gasteiger partial charge is 0.326 e. The Bertz CT molecular complexity index is 806. The van der Waals surface area contributed by atoms with Gasteiger partial charge in [-0.25, -0.2) is 13.6 Å². The van der Waals surface area contributed by atoms with Gasteiger partial charge in [0.15, 0.2) is 0 Å². The Balaban J connectivity index is 2.07. The van der Waals surface area contributed by atoms with Crippen LogP contribution in [0.25, 0.3) is 0 Å². The maximum absolute atomic E-state index is 13.7. The van der Waals surface area contributed by atoms with E-state index >= 15 is 0 Å². The van der Waals surface area contributed by atoms with Crippen LogP contribution in [-0.4, -0.2) is 23.0 Å². The van der Waals surface area contributed by atoms with Crippen molar-refractivity contribution < 1.29 is 23.5 Å². The topological polar surface area (TPSA) is 66.4 Å². The van der Waals surface area contributed by atoms with Gasteiger partial charge in [0, 0.05) is 12.0 Å². The van der Waals surface area contributed by atoms with Crippen LogP contribution in [0.5, 0.6) is 0 Å². The summed E-state index contributed by atoms with van der Waals surface area (Å²) >= 11 is 0. The predicted molar refractivity (Wildman–Crippen MR) is 98.5 cm³/mol. The van der Waals surface area contributed by atoms with Crippen molar-refractivity contribution in [2.24, 2.45) is 0 Å². The Morgan fingerprint density at radius 3 is 2.07 bits per heavy atom. The molecule has 6 heteroatoms. The summed E-state index contributed by atoms with van der Waals surface area (Å²) in [6, 6.07) is 9.60. The lowest BCUT2D eigenvalue weighted by atomic mass is 9.86. The number of hydrogen-bond acceptors (Lipinski definition) is 2. The van der Waals surface area contributed by atoms with E-state index in [2.05, 4.69) is 26.1 Å². The van der Waals surface area contributed by atoms with Crippen LogP contribution < -0.4 is 5.32 Å². The SMILES string of the molecule is CC(C)(C)c1ccc(C[C@@H](NC(=O)Cc2c(F)cccc2F)C(=O)O)cc1. The van der Waals surface area contributed by atoms with Gasteiger partial charge in [-0.05, 0) is 28.7 Å². The van der Waals surface area contributed by atoms with Gasteiger partial charge in [0.2, 0.25) is 5.91 Å². The van der Waals surface area contributed by atoms with E-state index in [0.29, 0.717) is 0 Å². The van der Waals surface area contributed by atoms with Gasteiger partial charge in [-0.2, -0.15) is 0 Å². The molecule has 0 saturated heterocycles. The van der Waals surface area contributed by atoms with Gasteiger partial charge in [0.25, 0.3) is 0 Å². The second-order valence-electron chi connectivity index (χ2n) is 7.49. The summed E-state index contributed by atoms with van der Waals surface area (Å²) in [5, 5.41) is 11.7. The van der Waals surface area contributed by atoms with E-state index in [1.54, 1.807) is 0 Å². The first-order valence-corrected chi connectivity index (χ1v) is 8.62. The van der Waals surface area contributed by atoms with E-state index in [0.717, 1.165) is 23.3 Å². The molecule has 4 nitrogen and oxygen atoms in total. The quantitative estimate of drug-likeness (QED) is 0.810. The molecule has 0 saturated carbocycles. The fraction of sp³-hybridized carbons (Fsp3) is 0.333. The number of hydrogen-bond donors (Lipinski definition) is 2. The van der Waals surface area contributed by atoms with Gasteiger partial charge in [-0.1, -0.05) is 51.1 Å². The van der Waals surface area contributed by atoms with Crippen LogP contribution in [-0.2, 0) is 27.8 Å². The van der Waals surface area contributed by atoms with E-state index in [-0.39, 0.29) is 17.4 Å². The minimum atomic E-state index is -1.21. The average molecular weight is 375 g/mol. The summed E-state index contributed by atoms with van der Waals surface area (Å²) in [6.45, 7) is 6.22. The molecular weight excluding hydrogens is 352 g/mol. The first kappa shape index (κ1) is 20.6. The maximum Gasteiger partial charge on any atom is 0.326 e. The second-order valence-corrected chi connectivity index (χ2v) is 7.49. The highest BCUT2D eigenvalue weighted by molar-refractivity contribution is 5.85. The largest absolute Gasteiger partial charge is 0.480 e. The summed E-state index contributed by atoms with van der Waals surface area (Å²) in [7, 11) is 0. The highest BCUT2D eigenvalue weighted by atomic mass is 19.1. The average Bonchev–Trinajstić information content (AvgIpc) is 2.57. The molecule has 2 aromatic carbocycles. The van der Waals surface area contributed by atoms with Crippen LogP contribution in [0, 0.1) is 11.6 Å². The van der Waals surface area contributed by atoms with Crippen molar-refractivity contribution in [3.63, 3.8) is 0 Å². The Kier molecular flexibility index (Phi) is 6.31. The van der Waals surface area contributed by atoms with Crippen molar-refractivity contribution in [3.05, 3.63) is 70.8 Å². The number of aliphatic carboxylic acids is 1.